The van der Waals surface area contributed by atoms with Gasteiger partial charge < -0.3 is 5.73 Å². The second-order valence-electron chi connectivity index (χ2n) is 3.07. The average molecular weight is 257 g/mol. The molecule has 2 rings (SSSR count). The van der Waals surface area contributed by atoms with Gasteiger partial charge in [0, 0.05) is 18.3 Å². The maximum atomic E-state index is 5.63. The summed E-state index contributed by atoms with van der Waals surface area (Å²) in [5.74, 6) is 0. The standard InChI is InChI=1S/C12H12N2.2ClH/c13-9-12-11(7-4-8-14-12)10-5-2-1-3-6-10;;/h1-8H,9,13H2;2*1H. The second-order valence-corrected chi connectivity index (χ2v) is 3.07. The van der Waals surface area contributed by atoms with Crippen molar-refractivity contribution in [3.63, 3.8) is 0 Å². The Kier molecular flexibility index (Phi) is 6.74. The topological polar surface area (TPSA) is 38.9 Å². The van der Waals surface area contributed by atoms with Crippen molar-refractivity contribution in [3.05, 3.63) is 54.4 Å². The molecule has 1 heterocycles. The summed E-state index contributed by atoms with van der Waals surface area (Å²) < 4.78 is 0. The minimum atomic E-state index is 0. The lowest BCUT2D eigenvalue weighted by Gasteiger charge is -2.05. The van der Waals surface area contributed by atoms with Crippen LogP contribution in [-0.4, -0.2) is 4.98 Å². The fourth-order valence-corrected chi connectivity index (χ4v) is 1.48. The highest BCUT2D eigenvalue weighted by molar-refractivity contribution is 5.85. The monoisotopic (exact) mass is 256 g/mol. The molecular formula is C12H14Cl2N2. The molecule has 0 bridgehead atoms. The summed E-state index contributed by atoms with van der Waals surface area (Å²) in [5.41, 5.74) is 8.86. The molecule has 0 radical (unpaired) electrons. The zero-order chi connectivity index (χ0) is 9.80. The molecule has 0 amide bonds. The van der Waals surface area contributed by atoms with E-state index in [1.165, 1.54) is 5.56 Å². The van der Waals surface area contributed by atoms with E-state index in [9.17, 15) is 0 Å². The van der Waals surface area contributed by atoms with Crippen molar-refractivity contribution >= 4 is 24.8 Å². The van der Waals surface area contributed by atoms with E-state index < -0.39 is 0 Å². The van der Waals surface area contributed by atoms with Crippen LogP contribution in [0.15, 0.2) is 48.7 Å². The minimum Gasteiger partial charge on any atom is -0.325 e. The quantitative estimate of drug-likeness (QED) is 0.898. The molecule has 16 heavy (non-hydrogen) atoms. The molecule has 0 saturated heterocycles. The summed E-state index contributed by atoms with van der Waals surface area (Å²) in [4.78, 5) is 4.25. The molecule has 0 aliphatic heterocycles. The maximum Gasteiger partial charge on any atom is 0.0617 e. The Balaban J connectivity index is 0.00000112. The summed E-state index contributed by atoms with van der Waals surface area (Å²) in [6.07, 6.45) is 1.77. The van der Waals surface area contributed by atoms with E-state index in [0.29, 0.717) is 6.54 Å². The van der Waals surface area contributed by atoms with Crippen LogP contribution in [0.3, 0.4) is 0 Å². The molecule has 1 aromatic carbocycles. The van der Waals surface area contributed by atoms with Crippen LogP contribution in [0, 0.1) is 0 Å². The molecule has 2 aromatic rings. The van der Waals surface area contributed by atoms with Crippen molar-refractivity contribution in [2.75, 3.05) is 0 Å². The van der Waals surface area contributed by atoms with Crippen LogP contribution in [0.1, 0.15) is 5.69 Å². The number of nitrogens with two attached hydrogens (primary N) is 1. The van der Waals surface area contributed by atoms with Crippen molar-refractivity contribution < 1.29 is 0 Å². The Bertz CT molecular complexity index is 418. The number of hydrogen-bond donors (Lipinski definition) is 1. The highest BCUT2D eigenvalue weighted by atomic mass is 35.5. The number of pyridine rings is 1. The van der Waals surface area contributed by atoms with E-state index in [2.05, 4.69) is 17.1 Å². The first-order valence-electron chi connectivity index (χ1n) is 4.61. The highest BCUT2D eigenvalue weighted by Crippen LogP contribution is 2.20. The van der Waals surface area contributed by atoms with E-state index in [1.54, 1.807) is 6.20 Å². The van der Waals surface area contributed by atoms with Gasteiger partial charge in [-0.15, -0.1) is 24.8 Å². The fraction of sp³-hybridized carbons (Fsp3) is 0.0833. The van der Waals surface area contributed by atoms with Crippen LogP contribution in [0.4, 0.5) is 0 Å². The van der Waals surface area contributed by atoms with Gasteiger partial charge >= 0.3 is 0 Å². The second kappa shape index (κ2) is 7.23. The largest absolute Gasteiger partial charge is 0.325 e. The zero-order valence-corrected chi connectivity index (χ0v) is 10.3. The van der Waals surface area contributed by atoms with Crippen molar-refractivity contribution in [2.24, 2.45) is 5.73 Å². The summed E-state index contributed by atoms with van der Waals surface area (Å²) in [5, 5.41) is 0. The van der Waals surface area contributed by atoms with Gasteiger partial charge in [-0.1, -0.05) is 36.4 Å². The molecule has 4 heteroatoms. The Morgan fingerprint density at radius 2 is 1.62 bits per heavy atom. The van der Waals surface area contributed by atoms with Crippen LogP contribution in [-0.2, 0) is 6.54 Å². The molecule has 0 fully saturated rings. The molecule has 0 spiro atoms. The van der Waals surface area contributed by atoms with Crippen molar-refractivity contribution in [1.82, 2.24) is 4.98 Å². The van der Waals surface area contributed by atoms with Crippen LogP contribution in [0.25, 0.3) is 11.1 Å². The Hall–Kier alpha value is -1.09. The Labute approximate surface area is 108 Å². The van der Waals surface area contributed by atoms with Crippen molar-refractivity contribution in [2.45, 2.75) is 6.54 Å². The molecule has 86 valence electrons. The van der Waals surface area contributed by atoms with Crippen molar-refractivity contribution in [3.8, 4) is 11.1 Å². The van der Waals surface area contributed by atoms with Gasteiger partial charge in [0.05, 0.1) is 5.69 Å². The van der Waals surface area contributed by atoms with E-state index in [4.69, 9.17) is 5.73 Å². The van der Waals surface area contributed by atoms with Crippen molar-refractivity contribution in [1.29, 1.82) is 0 Å². The van der Waals surface area contributed by atoms with Gasteiger partial charge in [-0.3, -0.25) is 4.98 Å². The third-order valence-corrected chi connectivity index (χ3v) is 2.17. The van der Waals surface area contributed by atoms with Gasteiger partial charge in [0.2, 0.25) is 0 Å². The summed E-state index contributed by atoms with van der Waals surface area (Å²) in [7, 11) is 0. The average Bonchev–Trinajstić information content (AvgIpc) is 2.30. The summed E-state index contributed by atoms with van der Waals surface area (Å²) in [6.45, 7) is 0.477. The SMILES string of the molecule is Cl.Cl.NCc1ncccc1-c1ccccc1. The lowest BCUT2D eigenvalue weighted by molar-refractivity contribution is 0.994. The molecule has 1 aromatic heterocycles. The van der Waals surface area contributed by atoms with Gasteiger partial charge in [-0.25, -0.2) is 0 Å². The normalized spacial score (nSPS) is 8.81. The molecule has 0 aliphatic rings. The highest BCUT2D eigenvalue weighted by Gasteiger charge is 2.02. The Morgan fingerprint density at radius 3 is 2.25 bits per heavy atom. The molecule has 2 nitrogen and oxygen atoms in total. The first-order valence-corrected chi connectivity index (χ1v) is 4.61. The first-order chi connectivity index (χ1) is 6.92. The molecule has 0 atom stereocenters. The fourth-order valence-electron chi connectivity index (χ4n) is 1.48. The number of nitrogens with zero attached hydrogens (tertiary/aromatic N) is 1. The minimum absolute atomic E-state index is 0. The number of benzene rings is 1. The van der Waals surface area contributed by atoms with Crippen LogP contribution >= 0.6 is 24.8 Å². The van der Waals surface area contributed by atoms with Crippen LogP contribution in [0.2, 0.25) is 0 Å². The predicted octanol–water partition coefficient (Wildman–Crippen LogP) is 3.05. The third-order valence-electron chi connectivity index (χ3n) is 2.17. The number of hydrogen-bond acceptors (Lipinski definition) is 2. The summed E-state index contributed by atoms with van der Waals surface area (Å²) >= 11 is 0. The van der Waals surface area contributed by atoms with E-state index in [-0.39, 0.29) is 24.8 Å². The van der Waals surface area contributed by atoms with Gasteiger partial charge in [-0.2, -0.15) is 0 Å². The van der Waals surface area contributed by atoms with E-state index in [0.717, 1.165) is 11.3 Å². The first kappa shape index (κ1) is 14.9. The number of aromatic nitrogens is 1. The zero-order valence-electron chi connectivity index (χ0n) is 8.67. The maximum absolute atomic E-state index is 5.63. The smallest absolute Gasteiger partial charge is 0.0617 e. The van der Waals surface area contributed by atoms with E-state index >= 15 is 0 Å². The molecule has 2 N–H and O–H groups in total. The van der Waals surface area contributed by atoms with Crippen LogP contribution in [0.5, 0.6) is 0 Å². The van der Waals surface area contributed by atoms with Gasteiger partial charge in [0.1, 0.15) is 0 Å². The molecular weight excluding hydrogens is 243 g/mol. The van der Waals surface area contributed by atoms with Crippen LogP contribution < -0.4 is 5.73 Å². The molecule has 0 unspecified atom stereocenters. The summed E-state index contributed by atoms with van der Waals surface area (Å²) in [6, 6.07) is 14.1. The Morgan fingerprint density at radius 1 is 0.938 bits per heavy atom. The number of rotatable bonds is 2. The van der Waals surface area contributed by atoms with Gasteiger partial charge in [-0.05, 0) is 11.6 Å². The molecule has 0 saturated carbocycles. The third kappa shape index (κ3) is 3.20. The lowest BCUT2D eigenvalue weighted by atomic mass is 10.0. The molecule has 0 aliphatic carbocycles. The predicted molar refractivity (Wildman–Crippen MR) is 72.1 cm³/mol. The number of halogens is 2. The van der Waals surface area contributed by atoms with Gasteiger partial charge in [0.25, 0.3) is 0 Å². The lowest BCUT2D eigenvalue weighted by Crippen LogP contribution is -2.01. The van der Waals surface area contributed by atoms with E-state index in [1.807, 2.05) is 30.3 Å². The van der Waals surface area contributed by atoms with Gasteiger partial charge in [0.15, 0.2) is 0 Å².